The van der Waals surface area contributed by atoms with E-state index in [2.05, 4.69) is 5.32 Å². The van der Waals surface area contributed by atoms with Gasteiger partial charge >= 0.3 is 6.03 Å². The maximum absolute atomic E-state index is 14.0. The quantitative estimate of drug-likeness (QED) is 0.172. The zero-order chi connectivity index (χ0) is 26.5. The minimum atomic E-state index is -0.674. The van der Waals surface area contributed by atoms with Crippen LogP contribution in [0.2, 0.25) is 5.02 Å². The van der Waals surface area contributed by atoms with Gasteiger partial charge in [-0.15, -0.1) is 0 Å². The smallest absolute Gasteiger partial charge is 0.329 e. The molecular weight excluding hydrogens is 505 g/mol. The molecule has 4 rings (SSSR count). The Hall–Kier alpha value is -4.44. The summed E-state index contributed by atoms with van der Waals surface area (Å²) >= 11 is 6.46. The van der Waals surface area contributed by atoms with Crippen molar-refractivity contribution < 1.29 is 28.4 Å². The number of hydrogen-bond donors (Lipinski definition) is 1. The number of nitrogens with zero attached hydrogens (tertiary/aromatic N) is 2. The van der Waals surface area contributed by atoms with Gasteiger partial charge in [0.05, 0.1) is 23.1 Å². The average molecular weight is 526 g/mol. The molecule has 0 radical (unpaired) electrons. The third kappa shape index (κ3) is 5.87. The number of benzene rings is 3. The molecule has 3 amide bonds. The molecule has 1 aliphatic heterocycles. The van der Waals surface area contributed by atoms with Crippen LogP contribution < -0.4 is 14.8 Å². The highest BCUT2D eigenvalue weighted by Gasteiger charge is 2.34. The molecular formula is C26H21ClFN3O6. The molecule has 1 N–H and O–H groups in total. The van der Waals surface area contributed by atoms with Crippen molar-refractivity contribution in [3.63, 3.8) is 0 Å². The normalized spacial score (nSPS) is 14.1. The number of carbonyl (C=O) groups is 2. The topological polar surface area (TPSA) is 111 Å². The van der Waals surface area contributed by atoms with Crippen LogP contribution in [0.1, 0.15) is 23.6 Å². The zero-order valence-electron chi connectivity index (χ0n) is 19.6. The van der Waals surface area contributed by atoms with Crippen molar-refractivity contribution in [1.82, 2.24) is 10.2 Å². The lowest BCUT2D eigenvalue weighted by atomic mass is 10.1. The third-order valence-corrected chi connectivity index (χ3v) is 5.68. The minimum Gasteiger partial charge on any atom is -0.490 e. The van der Waals surface area contributed by atoms with Crippen LogP contribution in [0.25, 0.3) is 6.08 Å². The Morgan fingerprint density at radius 3 is 2.62 bits per heavy atom. The van der Waals surface area contributed by atoms with Crippen molar-refractivity contribution in [2.45, 2.75) is 20.1 Å². The summed E-state index contributed by atoms with van der Waals surface area (Å²) < 4.78 is 25.5. The molecule has 0 aliphatic carbocycles. The number of rotatable bonds is 9. The van der Waals surface area contributed by atoms with Crippen molar-refractivity contribution >= 4 is 35.3 Å². The second kappa shape index (κ2) is 11.1. The van der Waals surface area contributed by atoms with E-state index in [9.17, 15) is 24.1 Å². The number of nitro benzene ring substituents is 1. The second-order valence-corrected chi connectivity index (χ2v) is 8.36. The Bertz CT molecular complexity index is 1410. The monoisotopic (exact) mass is 525 g/mol. The summed E-state index contributed by atoms with van der Waals surface area (Å²) in [5.41, 5.74) is 1.15. The van der Waals surface area contributed by atoms with Crippen molar-refractivity contribution in [3.8, 4) is 11.5 Å². The molecule has 190 valence electrons. The lowest BCUT2D eigenvalue weighted by Gasteiger charge is -2.15. The molecule has 1 heterocycles. The van der Waals surface area contributed by atoms with E-state index >= 15 is 0 Å². The molecule has 9 nitrogen and oxygen atoms in total. The lowest BCUT2D eigenvalue weighted by Crippen LogP contribution is -2.30. The van der Waals surface area contributed by atoms with Crippen LogP contribution in [0.4, 0.5) is 14.9 Å². The fourth-order valence-electron chi connectivity index (χ4n) is 3.67. The summed E-state index contributed by atoms with van der Waals surface area (Å²) in [6, 6.07) is 14.3. The molecule has 0 unspecified atom stereocenters. The summed E-state index contributed by atoms with van der Waals surface area (Å²) in [4.78, 5) is 36.7. The first-order chi connectivity index (χ1) is 17.8. The predicted molar refractivity (Wildman–Crippen MR) is 134 cm³/mol. The third-order valence-electron chi connectivity index (χ3n) is 5.40. The van der Waals surface area contributed by atoms with E-state index in [1.165, 1.54) is 42.5 Å². The number of non-ortho nitro benzene ring substituents is 1. The summed E-state index contributed by atoms with van der Waals surface area (Å²) in [6.07, 6.45) is 1.43. The van der Waals surface area contributed by atoms with Gasteiger partial charge in [0.25, 0.3) is 11.6 Å². The predicted octanol–water partition coefficient (Wildman–Crippen LogP) is 5.46. The lowest BCUT2D eigenvalue weighted by molar-refractivity contribution is -0.384. The van der Waals surface area contributed by atoms with Gasteiger partial charge in [0, 0.05) is 17.7 Å². The van der Waals surface area contributed by atoms with Gasteiger partial charge in [0.2, 0.25) is 0 Å². The van der Waals surface area contributed by atoms with E-state index in [-0.39, 0.29) is 53.2 Å². The van der Waals surface area contributed by atoms with Gasteiger partial charge in [-0.1, -0.05) is 41.9 Å². The second-order valence-electron chi connectivity index (χ2n) is 7.95. The Morgan fingerprint density at radius 2 is 1.89 bits per heavy atom. The van der Waals surface area contributed by atoms with Crippen molar-refractivity contribution in [1.29, 1.82) is 0 Å². The van der Waals surface area contributed by atoms with Crippen LogP contribution in [0.3, 0.4) is 0 Å². The largest absolute Gasteiger partial charge is 0.490 e. The van der Waals surface area contributed by atoms with E-state index in [0.29, 0.717) is 11.1 Å². The summed E-state index contributed by atoms with van der Waals surface area (Å²) in [5.74, 6) is -0.630. The molecule has 0 saturated carbocycles. The summed E-state index contributed by atoms with van der Waals surface area (Å²) in [6.45, 7) is 1.84. The van der Waals surface area contributed by atoms with Crippen molar-refractivity contribution in [2.75, 3.05) is 6.61 Å². The number of imide groups is 1. The molecule has 3 aromatic carbocycles. The van der Waals surface area contributed by atoms with Gasteiger partial charge in [-0.2, -0.15) is 0 Å². The van der Waals surface area contributed by atoms with Gasteiger partial charge in [-0.05, 0) is 42.3 Å². The highest BCUT2D eigenvalue weighted by Crippen LogP contribution is 2.38. The molecule has 1 fully saturated rings. The SMILES string of the molecule is CCOc1cc(/C=C2/NC(=O)N(Cc3ccccc3F)C2=O)cc(Cl)c1OCc1cccc([N+](=O)[O-])c1. The molecule has 37 heavy (non-hydrogen) atoms. The van der Waals surface area contributed by atoms with Crippen LogP contribution >= 0.6 is 11.6 Å². The number of nitro groups is 1. The molecule has 0 atom stereocenters. The van der Waals surface area contributed by atoms with Crippen LogP contribution in [0, 0.1) is 15.9 Å². The standard InChI is InChI=1S/C26H21ClFN3O6/c1-2-36-23-13-17(11-20(27)24(23)37-15-16-6-5-8-19(10-16)31(34)35)12-22-25(32)30(26(33)29-22)14-18-7-3-4-9-21(18)28/h3-13H,2,14-15H2,1H3,(H,29,33)/b22-12+. The molecule has 0 bridgehead atoms. The summed E-state index contributed by atoms with van der Waals surface area (Å²) in [7, 11) is 0. The van der Waals surface area contributed by atoms with E-state index in [0.717, 1.165) is 4.90 Å². The fourth-order valence-corrected chi connectivity index (χ4v) is 3.94. The maximum atomic E-state index is 14.0. The first kappa shape index (κ1) is 25.6. The van der Waals surface area contributed by atoms with Crippen LogP contribution in [-0.2, 0) is 17.9 Å². The molecule has 0 spiro atoms. The van der Waals surface area contributed by atoms with Gasteiger partial charge in [0.1, 0.15) is 18.1 Å². The summed E-state index contributed by atoms with van der Waals surface area (Å²) in [5, 5.41) is 13.7. The number of urea groups is 1. The molecule has 3 aromatic rings. The molecule has 1 aliphatic rings. The first-order valence-corrected chi connectivity index (χ1v) is 11.5. The maximum Gasteiger partial charge on any atom is 0.329 e. The van der Waals surface area contributed by atoms with Crippen molar-refractivity contribution in [2.24, 2.45) is 0 Å². The van der Waals surface area contributed by atoms with Gasteiger partial charge in [-0.25, -0.2) is 9.18 Å². The van der Waals surface area contributed by atoms with Crippen LogP contribution in [-0.4, -0.2) is 28.4 Å². The first-order valence-electron chi connectivity index (χ1n) is 11.2. The van der Waals surface area contributed by atoms with Gasteiger partial charge < -0.3 is 14.8 Å². The highest BCUT2D eigenvalue weighted by molar-refractivity contribution is 6.32. The fraction of sp³-hybridized carbons (Fsp3) is 0.154. The minimum absolute atomic E-state index is 0.00145. The number of carbonyl (C=O) groups excluding carboxylic acids is 2. The number of hydrogen-bond acceptors (Lipinski definition) is 6. The Labute approximate surface area is 216 Å². The Morgan fingerprint density at radius 1 is 1.11 bits per heavy atom. The average Bonchev–Trinajstić information content (AvgIpc) is 3.12. The zero-order valence-corrected chi connectivity index (χ0v) is 20.3. The Balaban J connectivity index is 1.56. The van der Waals surface area contributed by atoms with Gasteiger partial charge in [-0.3, -0.25) is 19.8 Å². The van der Waals surface area contributed by atoms with Gasteiger partial charge in [0.15, 0.2) is 11.5 Å². The van der Waals surface area contributed by atoms with E-state index < -0.39 is 22.7 Å². The van der Waals surface area contributed by atoms with Crippen LogP contribution in [0.15, 0.2) is 66.4 Å². The molecule has 11 heteroatoms. The van der Waals surface area contributed by atoms with Crippen molar-refractivity contribution in [3.05, 3.63) is 104 Å². The van der Waals surface area contributed by atoms with E-state index in [1.807, 2.05) is 0 Å². The molecule has 0 aromatic heterocycles. The number of amides is 3. The number of ether oxygens (including phenoxy) is 2. The Kier molecular flexibility index (Phi) is 7.69. The number of halogens is 2. The van der Waals surface area contributed by atoms with Crippen LogP contribution in [0.5, 0.6) is 11.5 Å². The molecule has 1 saturated heterocycles. The van der Waals surface area contributed by atoms with E-state index in [1.54, 1.807) is 31.2 Å². The van der Waals surface area contributed by atoms with E-state index in [4.69, 9.17) is 21.1 Å². The number of nitrogens with one attached hydrogen (secondary N) is 1. The highest BCUT2D eigenvalue weighted by atomic mass is 35.5.